The number of nitrogens with zero attached hydrogens (tertiary/aromatic N) is 1. The molecule has 7 nitrogen and oxygen atoms in total. The van der Waals surface area contributed by atoms with Crippen LogP contribution in [0.4, 0.5) is 5.69 Å². The highest BCUT2D eigenvalue weighted by Gasteiger charge is 2.67. The highest BCUT2D eigenvalue weighted by atomic mass is 16.5. The van der Waals surface area contributed by atoms with Gasteiger partial charge in [0.05, 0.1) is 38.7 Å². The maximum absolute atomic E-state index is 13.4. The van der Waals surface area contributed by atoms with E-state index in [4.69, 9.17) is 14.2 Å². The molecule has 2 bridgehead atoms. The van der Waals surface area contributed by atoms with E-state index in [0.717, 1.165) is 17.0 Å². The molecule has 0 aliphatic carbocycles. The average molecular weight is 420 g/mol. The number of benzene rings is 2. The van der Waals surface area contributed by atoms with Gasteiger partial charge in [0.15, 0.2) is 0 Å². The molecule has 0 radical (unpaired) electrons. The molecule has 5 rings (SSSR count). The van der Waals surface area contributed by atoms with E-state index in [0.29, 0.717) is 18.8 Å². The van der Waals surface area contributed by atoms with Crippen LogP contribution in [0.25, 0.3) is 0 Å². The first kappa shape index (κ1) is 19.6. The molecular formula is C24H24N2O5. The standard InChI is InChI=1S/C24H24N2O5/c1-29-17-7-3-5-15(11-17)13-25-22(27)20-19-9-10-24(31-19)14-26(23(28)21(20)24)16-6-4-8-18(12-16)30-2/h3-12,19-21H,13-14H2,1-2H3,(H,25,27)/t19-,20-,21-,24+/m0/s1. The molecule has 4 atom stereocenters. The van der Waals surface area contributed by atoms with Crippen molar-refractivity contribution in [1.82, 2.24) is 5.32 Å². The van der Waals surface area contributed by atoms with Crippen molar-refractivity contribution < 1.29 is 23.8 Å². The predicted octanol–water partition coefficient (Wildman–Crippen LogP) is 2.31. The van der Waals surface area contributed by atoms with E-state index >= 15 is 0 Å². The van der Waals surface area contributed by atoms with E-state index in [9.17, 15) is 9.59 Å². The number of carbonyl (C=O) groups excluding carboxylic acids is 2. The SMILES string of the molecule is COc1cccc(CNC(=O)[C@H]2[C@@H]3C=C[C@]4(CN(c5cccc(OC)c5)C(=O)[C@H]24)O3)c1. The summed E-state index contributed by atoms with van der Waals surface area (Å²) >= 11 is 0. The number of methoxy groups -OCH3 is 2. The van der Waals surface area contributed by atoms with Crippen LogP contribution in [-0.4, -0.2) is 44.3 Å². The van der Waals surface area contributed by atoms with Crippen LogP contribution in [0.2, 0.25) is 0 Å². The Morgan fingerprint density at radius 2 is 1.90 bits per heavy atom. The zero-order valence-corrected chi connectivity index (χ0v) is 17.4. The van der Waals surface area contributed by atoms with Crippen LogP contribution in [0, 0.1) is 11.8 Å². The summed E-state index contributed by atoms with van der Waals surface area (Å²) in [5, 5.41) is 2.98. The molecule has 2 aromatic rings. The summed E-state index contributed by atoms with van der Waals surface area (Å²) < 4.78 is 16.7. The van der Waals surface area contributed by atoms with Gasteiger partial charge in [0, 0.05) is 18.3 Å². The Morgan fingerprint density at radius 1 is 1.16 bits per heavy atom. The van der Waals surface area contributed by atoms with E-state index in [-0.39, 0.29) is 17.9 Å². The normalized spacial score (nSPS) is 28.0. The number of hydrogen-bond donors (Lipinski definition) is 1. The molecule has 1 spiro atoms. The van der Waals surface area contributed by atoms with Gasteiger partial charge in [0.25, 0.3) is 0 Å². The summed E-state index contributed by atoms with van der Waals surface area (Å²) in [7, 11) is 3.20. The van der Waals surface area contributed by atoms with Crippen molar-refractivity contribution in [2.75, 3.05) is 25.7 Å². The van der Waals surface area contributed by atoms with Gasteiger partial charge in [-0.1, -0.05) is 30.4 Å². The number of ether oxygens (including phenoxy) is 3. The maximum atomic E-state index is 13.4. The van der Waals surface area contributed by atoms with E-state index in [2.05, 4.69) is 5.32 Å². The Hall–Kier alpha value is -3.32. The van der Waals surface area contributed by atoms with E-state index in [1.807, 2.05) is 60.7 Å². The number of carbonyl (C=O) groups is 2. The number of anilines is 1. The van der Waals surface area contributed by atoms with Crippen molar-refractivity contribution in [3.63, 3.8) is 0 Å². The van der Waals surface area contributed by atoms with Crippen molar-refractivity contribution in [1.29, 1.82) is 0 Å². The predicted molar refractivity (Wildman–Crippen MR) is 114 cm³/mol. The fourth-order valence-corrected chi connectivity index (χ4v) is 4.88. The Kier molecular flexibility index (Phi) is 4.70. The Morgan fingerprint density at radius 3 is 2.68 bits per heavy atom. The van der Waals surface area contributed by atoms with E-state index in [1.165, 1.54) is 0 Å². The second-order valence-electron chi connectivity index (χ2n) is 8.10. The fraction of sp³-hybridized carbons (Fsp3) is 0.333. The highest BCUT2D eigenvalue weighted by molar-refractivity contribution is 6.03. The Bertz CT molecular complexity index is 1070. The topological polar surface area (TPSA) is 77.1 Å². The minimum absolute atomic E-state index is 0.0957. The van der Waals surface area contributed by atoms with Crippen molar-refractivity contribution in [3.8, 4) is 11.5 Å². The third-order valence-electron chi connectivity index (χ3n) is 6.37. The summed E-state index contributed by atoms with van der Waals surface area (Å²) in [6.07, 6.45) is 3.48. The molecule has 0 aromatic heterocycles. The quantitative estimate of drug-likeness (QED) is 0.726. The first-order valence-electron chi connectivity index (χ1n) is 10.3. The lowest BCUT2D eigenvalue weighted by molar-refractivity contribution is -0.132. The van der Waals surface area contributed by atoms with Gasteiger partial charge >= 0.3 is 0 Å². The summed E-state index contributed by atoms with van der Waals surface area (Å²) in [4.78, 5) is 28.3. The molecule has 3 aliphatic rings. The average Bonchev–Trinajstić information content (AvgIpc) is 3.46. The minimum Gasteiger partial charge on any atom is -0.497 e. The van der Waals surface area contributed by atoms with Gasteiger partial charge in [-0.3, -0.25) is 9.59 Å². The molecule has 3 aliphatic heterocycles. The number of rotatable bonds is 6. The van der Waals surface area contributed by atoms with Crippen LogP contribution in [0.3, 0.4) is 0 Å². The zero-order chi connectivity index (χ0) is 21.6. The molecule has 1 N–H and O–H groups in total. The lowest BCUT2D eigenvalue weighted by Crippen LogP contribution is -2.43. The number of nitrogens with one attached hydrogen (secondary N) is 1. The first-order chi connectivity index (χ1) is 15.0. The summed E-state index contributed by atoms with van der Waals surface area (Å²) in [5.74, 6) is 0.0363. The second-order valence-corrected chi connectivity index (χ2v) is 8.10. The molecule has 0 saturated carbocycles. The van der Waals surface area contributed by atoms with Crippen LogP contribution in [0.15, 0.2) is 60.7 Å². The van der Waals surface area contributed by atoms with Gasteiger partial charge in [-0.2, -0.15) is 0 Å². The van der Waals surface area contributed by atoms with Gasteiger partial charge in [0.1, 0.15) is 17.1 Å². The van der Waals surface area contributed by atoms with Crippen molar-refractivity contribution in [2.45, 2.75) is 18.2 Å². The molecule has 3 heterocycles. The van der Waals surface area contributed by atoms with E-state index < -0.39 is 17.4 Å². The second kappa shape index (κ2) is 7.42. The lowest BCUT2D eigenvalue weighted by atomic mass is 9.77. The Labute approximate surface area is 180 Å². The number of amides is 2. The molecule has 2 fully saturated rings. The van der Waals surface area contributed by atoms with Crippen molar-refractivity contribution >= 4 is 17.5 Å². The van der Waals surface area contributed by atoms with Crippen LogP contribution < -0.4 is 19.7 Å². The molecule has 7 heteroatoms. The van der Waals surface area contributed by atoms with Gasteiger partial charge in [0.2, 0.25) is 11.8 Å². The van der Waals surface area contributed by atoms with Gasteiger partial charge in [-0.05, 0) is 29.8 Å². The molecule has 160 valence electrons. The third kappa shape index (κ3) is 3.16. The number of hydrogen-bond acceptors (Lipinski definition) is 5. The zero-order valence-electron chi connectivity index (χ0n) is 17.4. The third-order valence-corrected chi connectivity index (χ3v) is 6.37. The molecule has 0 unspecified atom stereocenters. The first-order valence-corrected chi connectivity index (χ1v) is 10.3. The Balaban J connectivity index is 1.36. The fourth-order valence-electron chi connectivity index (χ4n) is 4.88. The van der Waals surface area contributed by atoms with Crippen LogP contribution in [0.5, 0.6) is 11.5 Å². The van der Waals surface area contributed by atoms with Gasteiger partial charge < -0.3 is 24.4 Å². The molecule has 2 amide bonds. The monoisotopic (exact) mass is 420 g/mol. The van der Waals surface area contributed by atoms with Gasteiger partial charge in [-0.25, -0.2) is 0 Å². The minimum atomic E-state index is -0.761. The van der Waals surface area contributed by atoms with E-state index in [1.54, 1.807) is 19.1 Å². The molecule has 2 aromatic carbocycles. The molecule has 2 saturated heterocycles. The van der Waals surface area contributed by atoms with Crippen LogP contribution in [0.1, 0.15) is 5.56 Å². The number of fused-ring (bicyclic) bond motifs is 1. The van der Waals surface area contributed by atoms with Gasteiger partial charge in [-0.15, -0.1) is 0 Å². The van der Waals surface area contributed by atoms with Crippen molar-refractivity contribution in [3.05, 3.63) is 66.2 Å². The highest BCUT2D eigenvalue weighted by Crippen LogP contribution is 2.52. The lowest BCUT2D eigenvalue weighted by Gasteiger charge is -2.23. The molecule has 31 heavy (non-hydrogen) atoms. The van der Waals surface area contributed by atoms with Crippen LogP contribution >= 0.6 is 0 Å². The summed E-state index contributed by atoms with van der Waals surface area (Å²) in [5.41, 5.74) is 0.907. The van der Waals surface area contributed by atoms with Crippen molar-refractivity contribution in [2.24, 2.45) is 11.8 Å². The summed E-state index contributed by atoms with van der Waals surface area (Å²) in [6, 6.07) is 14.9. The largest absolute Gasteiger partial charge is 0.497 e. The molecular weight excluding hydrogens is 396 g/mol. The summed E-state index contributed by atoms with van der Waals surface area (Å²) in [6.45, 7) is 0.743. The maximum Gasteiger partial charge on any atom is 0.234 e. The van der Waals surface area contributed by atoms with Crippen LogP contribution in [-0.2, 0) is 20.9 Å². The smallest absolute Gasteiger partial charge is 0.234 e.